The van der Waals surface area contributed by atoms with Gasteiger partial charge in [0.05, 0.1) is 38.2 Å². The molecule has 3 heterocycles. The van der Waals surface area contributed by atoms with E-state index in [1.807, 2.05) is 4.90 Å². The van der Waals surface area contributed by atoms with E-state index in [2.05, 4.69) is 9.36 Å². The van der Waals surface area contributed by atoms with Crippen LogP contribution < -0.4 is 18.5 Å². The molecule has 0 N–H and O–H groups in total. The molecule has 0 spiro atoms. The first-order valence-electron chi connectivity index (χ1n) is 14.8. The predicted molar refractivity (Wildman–Crippen MR) is 167 cm³/mol. The molecule has 4 aromatic rings. The molecule has 2 aliphatic heterocycles. The summed E-state index contributed by atoms with van der Waals surface area (Å²) < 4.78 is 106. The normalized spacial score (nSPS) is 20.3. The number of rotatable bonds is 9. The molecule has 1 aromatic heterocycles. The standard InChI is InChI=1S/C32H32F4N4O5S2/c1-43-24-8-5-21(29(16-24)44-2)18-40(31-37-19-38-46-31)47(41,42)25-9-10-26-27(12-14-45-30(26)17-25)39-13-11-22(32(34,35)36)15-28(39)20-3-6-23(33)7-4-20/h3-10,16-17,19,22,27-28H,11-15,18H2,1-2H3/t22-,27+,28+/m1/s1. The van der Waals surface area contributed by atoms with Gasteiger partial charge in [-0.2, -0.15) is 17.5 Å². The second-order valence-electron chi connectivity index (χ2n) is 11.3. The number of fused-ring (bicyclic) bond motifs is 1. The van der Waals surface area contributed by atoms with Crippen molar-refractivity contribution in [2.24, 2.45) is 5.92 Å². The van der Waals surface area contributed by atoms with Gasteiger partial charge in [0.25, 0.3) is 10.0 Å². The topological polar surface area (TPSA) is 94.1 Å². The van der Waals surface area contributed by atoms with Crippen molar-refractivity contribution in [3.05, 3.63) is 89.5 Å². The SMILES string of the molecule is COc1ccc(CN(c2ncns2)S(=O)(=O)c2ccc3c(c2)OCC[C@@H]3N2CC[C@@H](C(F)(F)F)C[C@H]2c2ccc(F)cc2)c(OC)c1. The van der Waals surface area contributed by atoms with E-state index in [-0.39, 0.29) is 48.6 Å². The van der Waals surface area contributed by atoms with Crippen molar-refractivity contribution >= 4 is 26.7 Å². The number of ether oxygens (including phenoxy) is 3. The van der Waals surface area contributed by atoms with E-state index in [0.717, 1.165) is 15.8 Å². The molecule has 0 saturated carbocycles. The molecule has 250 valence electrons. The summed E-state index contributed by atoms with van der Waals surface area (Å²) in [7, 11) is -1.23. The van der Waals surface area contributed by atoms with Crippen molar-refractivity contribution in [1.29, 1.82) is 0 Å². The van der Waals surface area contributed by atoms with Gasteiger partial charge in [-0.1, -0.05) is 18.2 Å². The second-order valence-corrected chi connectivity index (χ2v) is 14.0. The summed E-state index contributed by atoms with van der Waals surface area (Å²) in [6.45, 7) is 0.281. The predicted octanol–water partition coefficient (Wildman–Crippen LogP) is 6.93. The number of likely N-dealkylation sites (tertiary alicyclic amines) is 1. The smallest absolute Gasteiger partial charge is 0.391 e. The number of methoxy groups -OCH3 is 2. The van der Waals surface area contributed by atoms with Crippen LogP contribution in [-0.4, -0.2) is 56.2 Å². The molecule has 0 radical (unpaired) electrons. The quantitative estimate of drug-likeness (QED) is 0.175. The number of aromatic nitrogens is 2. The molecule has 0 bridgehead atoms. The lowest BCUT2D eigenvalue weighted by molar-refractivity contribution is -0.192. The number of benzene rings is 3. The lowest BCUT2D eigenvalue weighted by Crippen LogP contribution is -2.44. The molecule has 3 aromatic carbocycles. The largest absolute Gasteiger partial charge is 0.497 e. The van der Waals surface area contributed by atoms with E-state index < -0.39 is 34.0 Å². The van der Waals surface area contributed by atoms with Crippen LogP contribution in [0.5, 0.6) is 17.2 Å². The van der Waals surface area contributed by atoms with Gasteiger partial charge in [-0.05, 0) is 55.3 Å². The van der Waals surface area contributed by atoms with Crippen LogP contribution in [0, 0.1) is 11.7 Å². The maximum atomic E-state index is 14.2. The Balaban J connectivity index is 1.34. The number of halogens is 4. The highest BCUT2D eigenvalue weighted by Gasteiger charge is 2.46. The van der Waals surface area contributed by atoms with Crippen LogP contribution in [0.25, 0.3) is 0 Å². The number of sulfonamides is 1. The van der Waals surface area contributed by atoms with Crippen molar-refractivity contribution in [2.45, 2.75) is 49.0 Å². The van der Waals surface area contributed by atoms with Gasteiger partial charge in [0, 0.05) is 53.3 Å². The van der Waals surface area contributed by atoms with Gasteiger partial charge in [-0.15, -0.1) is 0 Å². The minimum Gasteiger partial charge on any atom is -0.497 e. The minimum atomic E-state index is -4.35. The third-order valence-corrected chi connectivity index (χ3v) is 11.3. The number of hydrogen-bond acceptors (Lipinski definition) is 9. The summed E-state index contributed by atoms with van der Waals surface area (Å²) in [6, 6.07) is 14.3. The maximum absolute atomic E-state index is 14.2. The zero-order chi connectivity index (χ0) is 33.3. The number of alkyl halides is 3. The van der Waals surface area contributed by atoms with Crippen LogP contribution in [0.3, 0.4) is 0 Å². The molecule has 0 amide bonds. The summed E-state index contributed by atoms with van der Waals surface area (Å²) in [5.41, 5.74) is 1.83. The van der Waals surface area contributed by atoms with E-state index in [1.54, 1.807) is 24.3 Å². The van der Waals surface area contributed by atoms with Gasteiger partial charge in [-0.25, -0.2) is 22.1 Å². The van der Waals surface area contributed by atoms with Crippen molar-refractivity contribution in [3.8, 4) is 17.2 Å². The maximum Gasteiger partial charge on any atom is 0.391 e. The molecule has 0 unspecified atom stereocenters. The molecule has 9 nitrogen and oxygen atoms in total. The molecule has 1 fully saturated rings. The Morgan fingerprint density at radius 2 is 1.81 bits per heavy atom. The molecule has 1 saturated heterocycles. The Morgan fingerprint density at radius 3 is 2.49 bits per heavy atom. The number of anilines is 1. The highest BCUT2D eigenvalue weighted by atomic mass is 32.2. The Bertz CT molecular complexity index is 1810. The van der Waals surface area contributed by atoms with Crippen LogP contribution in [0.15, 0.2) is 71.9 Å². The number of piperidine rings is 1. The molecular formula is C32H32F4N4O5S2. The molecular weight excluding hydrogens is 661 g/mol. The molecule has 0 aliphatic carbocycles. The zero-order valence-corrected chi connectivity index (χ0v) is 27.1. The second kappa shape index (κ2) is 13.3. The monoisotopic (exact) mass is 692 g/mol. The minimum absolute atomic E-state index is 0.0505. The molecule has 47 heavy (non-hydrogen) atoms. The fourth-order valence-corrected chi connectivity index (χ4v) is 8.46. The molecule has 6 rings (SSSR count). The highest BCUT2D eigenvalue weighted by Crippen LogP contribution is 2.48. The Hall–Kier alpha value is -3.95. The Labute approximate surface area is 273 Å². The van der Waals surface area contributed by atoms with Crippen molar-refractivity contribution in [3.63, 3.8) is 0 Å². The summed E-state index contributed by atoms with van der Waals surface area (Å²) >= 11 is 0.920. The summed E-state index contributed by atoms with van der Waals surface area (Å²) in [4.78, 5) is 6.13. The van der Waals surface area contributed by atoms with Crippen LogP contribution in [-0.2, 0) is 16.6 Å². The molecule has 3 atom stereocenters. The van der Waals surface area contributed by atoms with Gasteiger partial charge in [0.1, 0.15) is 29.4 Å². The van der Waals surface area contributed by atoms with Crippen LogP contribution in [0.1, 0.15) is 48.0 Å². The summed E-state index contributed by atoms with van der Waals surface area (Å²) in [5.74, 6) is -0.660. The fourth-order valence-electron chi connectivity index (χ4n) is 6.32. The van der Waals surface area contributed by atoms with Gasteiger partial charge >= 0.3 is 6.18 Å². The van der Waals surface area contributed by atoms with Crippen molar-refractivity contribution < 1.29 is 40.2 Å². The first kappa shape index (κ1) is 33.0. The van der Waals surface area contributed by atoms with Crippen LogP contribution >= 0.6 is 11.5 Å². The molecule has 15 heteroatoms. The lowest BCUT2D eigenvalue weighted by Gasteiger charge is -2.46. The number of hydrogen-bond donors (Lipinski definition) is 0. The third kappa shape index (κ3) is 6.74. The van der Waals surface area contributed by atoms with E-state index in [4.69, 9.17) is 14.2 Å². The van der Waals surface area contributed by atoms with E-state index in [0.29, 0.717) is 40.4 Å². The van der Waals surface area contributed by atoms with Crippen molar-refractivity contribution in [1.82, 2.24) is 14.3 Å². The van der Waals surface area contributed by atoms with Crippen LogP contribution in [0.4, 0.5) is 22.7 Å². The Kier molecular flexibility index (Phi) is 9.31. The lowest BCUT2D eigenvalue weighted by atomic mass is 9.84. The third-order valence-electron chi connectivity index (χ3n) is 8.71. The van der Waals surface area contributed by atoms with Crippen molar-refractivity contribution in [2.75, 3.05) is 31.7 Å². The average Bonchev–Trinajstić information content (AvgIpc) is 3.61. The molecule has 2 aliphatic rings. The average molecular weight is 693 g/mol. The van der Waals surface area contributed by atoms with Crippen LogP contribution in [0.2, 0.25) is 0 Å². The first-order chi connectivity index (χ1) is 22.5. The highest BCUT2D eigenvalue weighted by molar-refractivity contribution is 7.93. The summed E-state index contributed by atoms with van der Waals surface area (Å²) in [6.07, 6.45) is -2.84. The van der Waals surface area contributed by atoms with Gasteiger partial charge in [0.2, 0.25) is 5.13 Å². The first-order valence-corrected chi connectivity index (χ1v) is 17.1. The summed E-state index contributed by atoms with van der Waals surface area (Å²) in [5, 5.41) is 0.147. The van der Waals surface area contributed by atoms with Gasteiger partial charge in [0.15, 0.2) is 0 Å². The zero-order valence-electron chi connectivity index (χ0n) is 25.5. The van der Waals surface area contributed by atoms with Gasteiger partial charge in [-0.3, -0.25) is 4.90 Å². The fraction of sp³-hybridized carbons (Fsp3) is 0.375. The van der Waals surface area contributed by atoms with E-state index in [9.17, 15) is 26.0 Å². The van der Waals surface area contributed by atoms with E-state index >= 15 is 0 Å². The van der Waals surface area contributed by atoms with Gasteiger partial charge < -0.3 is 14.2 Å². The Morgan fingerprint density at radius 1 is 1.02 bits per heavy atom. The number of nitrogens with zero attached hydrogens (tertiary/aromatic N) is 4. The van der Waals surface area contributed by atoms with E-state index in [1.165, 1.54) is 56.9 Å².